The van der Waals surface area contributed by atoms with Crippen LogP contribution in [-0.2, 0) is 6.42 Å². The van der Waals surface area contributed by atoms with Gasteiger partial charge in [-0.15, -0.1) is 0 Å². The van der Waals surface area contributed by atoms with Gasteiger partial charge in [-0.05, 0) is 39.7 Å². The molecule has 0 aliphatic heterocycles. The molecule has 0 unspecified atom stereocenters. The Morgan fingerprint density at radius 3 is 2.33 bits per heavy atom. The zero-order chi connectivity index (χ0) is 20.8. The number of carbonyl (C=O) groups is 2. The minimum absolute atomic E-state index is 0. The van der Waals surface area contributed by atoms with Gasteiger partial charge >= 0.3 is 0 Å². The van der Waals surface area contributed by atoms with Crippen molar-refractivity contribution in [2.45, 2.75) is 13.8 Å². The molecule has 0 saturated carbocycles. The molecule has 3 rings (SSSR count). The maximum atomic E-state index is 12.7. The van der Waals surface area contributed by atoms with Crippen LogP contribution in [0.4, 0.5) is 5.82 Å². The van der Waals surface area contributed by atoms with Gasteiger partial charge in [-0.25, -0.2) is 4.98 Å². The number of benzene rings is 2. The maximum Gasteiger partial charge on any atom is 0.257 e. The first kappa shape index (κ1) is 23.0. The summed E-state index contributed by atoms with van der Waals surface area (Å²) in [6, 6.07) is 17.5. The van der Waals surface area contributed by atoms with Crippen LogP contribution in [0.5, 0.6) is 0 Å². The van der Waals surface area contributed by atoms with Crippen molar-refractivity contribution in [1.29, 1.82) is 0 Å². The lowest BCUT2D eigenvalue weighted by Gasteiger charge is -2.10. The van der Waals surface area contributed by atoms with Crippen molar-refractivity contribution in [3.05, 3.63) is 93.6 Å². The number of Topliss-reactive ketones (excluding diaryl/α,β-unsaturated/α-hetero) is 1. The molecule has 3 aromatic rings. The number of ketones is 1. The lowest BCUT2D eigenvalue weighted by Crippen LogP contribution is -2.17. The molecule has 3 N–H and O–H groups in total. The number of amides is 1. The Kier molecular flexibility index (Phi) is 8.00. The summed E-state index contributed by atoms with van der Waals surface area (Å²) < 4.78 is 0.819. The fourth-order valence-electron chi connectivity index (χ4n) is 2.76. The van der Waals surface area contributed by atoms with Crippen molar-refractivity contribution in [3.63, 3.8) is 0 Å². The number of halogens is 1. The number of hydrogen-bond donors (Lipinski definition) is 2. The molecule has 30 heavy (non-hydrogen) atoms. The highest BCUT2D eigenvalue weighted by Gasteiger charge is 2.15. The fourth-order valence-corrected chi connectivity index (χ4v) is 2.99. The predicted octanol–water partition coefficient (Wildman–Crippen LogP) is 4.49. The molecule has 6 nitrogen and oxygen atoms in total. The second kappa shape index (κ2) is 10.5. The molecule has 0 saturated heterocycles. The smallest absolute Gasteiger partial charge is 0.257 e. The third-order valence-corrected chi connectivity index (χ3v) is 4.79. The number of pyridine rings is 1. The van der Waals surface area contributed by atoms with Crippen molar-refractivity contribution in [1.82, 2.24) is 4.98 Å². The zero-order valence-electron chi connectivity index (χ0n) is 15.7. The van der Waals surface area contributed by atoms with E-state index in [1.54, 1.807) is 73.9 Å². The number of nitrogens with two attached hydrogens (primary N) is 1. The van der Waals surface area contributed by atoms with Crippen LogP contribution >= 0.6 is 15.9 Å². The number of anilines is 1. The molecule has 0 bridgehead atoms. The fraction of sp³-hybridized carbons (Fsp3) is 0.130. The van der Waals surface area contributed by atoms with Gasteiger partial charge in [0.05, 0.1) is 0 Å². The topological polar surface area (TPSA) is 97.4 Å². The first-order valence-electron chi connectivity index (χ1n) is 8.84. The maximum absolute atomic E-state index is 12.7. The monoisotopic (exact) mass is 466 g/mol. The van der Waals surface area contributed by atoms with E-state index in [1.165, 1.54) is 0 Å². The van der Waals surface area contributed by atoms with Crippen molar-refractivity contribution in [2.75, 3.05) is 12.4 Å². The molecule has 1 aromatic heterocycles. The van der Waals surface area contributed by atoms with Gasteiger partial charge in [-0.1, -0.05) is 49.9 Å². The minimum Gasteiger partial charge on any atom is -0.384 e. The van der Waals surface area contributed by atoms with Crippen LogP contribution < -0.4 is 11.1 Å². The van der Waals surface area contributed by atoms with Gasteiger partial charge in [0, 0.05) is 40.8 Å². The normalized spacial score (nSPS) is 10.8. The molecule has 1 heterocycles. The molecule has 2 aromatic carbocycles. The van der Waals surface area contributed by atoms with E-state index in [9.17, 15) is 9.59 Å². The van der Waals surface area contributed by atoms with Gasteiger partial charge in [0.1, 0.15) is 11.7 Å². The van der Waals surface area contributed by atoms with Crippen molar-refractivity contribution < 1.29 is 9.59 Å². The summed E-state index contributed by atoms with van der Waals surface area (Å²) in [5, 5.41) is 2.76. The lowest BCUT2D eigenvalue weighted by atomic mass is 9.97. The largest absolute Gasteiger partial charge is 0.384 e. The van der Waals surface area contributed by atoms with Crippen molar-refractivity contribution in [2.24, 2.45) is 10.7 Å². The van der Waals surface area contributed by atoms with Gasteiger partial charge in [0.15, 0.2) is 5.78 Å². The zero-order valence-corrected chi connectivity index (χ0v) is 17.3. The van der Waals surface area contributed by atoms with Crippen molar-refractivity contribution in [3.8, 4) is 0 Å². The molecule has 0 aliphatic rings. The molecule has 154 valence electrons. The van der Waals surface area contributed by atoms with E-state index >= 15 is 0 Å². The van der Waals surface area contributed by atoms with E-state index < -0.39 is 0 Å². The molecule has 0 aliphatic carbocycles. The SMILES string of the molecule is C.CN=C(N)c1ccc(C(=O)Cc2ccccc2C(=O)Nc2ccc(Br)cn2)cc1. The number of amidine groups is 1. The Morgan fingerprint density at radius 2 is 1.70 bits per heavy atom. The predicted molar refractivity (Wildman–Crippen MR) is 124 cm³/mol. The summed E-state index contributed by atoms with van der Waals surface area (Å²) in [6.45, 7) is 0. The van der Waals surface area contributed by atoms with Gasteiger partial charge in [0.2, 0.25) is 0 Å². The van der Waals surface area contributed by atoms with E-state index in [1.807, 2.05) is 0 Å². The summed E-state index contributed by atoms with van der Waals surface area (Å²) in [7, 11) is 1.61. The summed E-state index contributed by atoms with van der Waals surface area (Å²) in [5.41, 5.74) is 8.16. The summed E-state index contributed by atoms with van der Waals surface area (Å²) in [6.07, 6.45) is 1.71. The van der Waals surface area contributed by atoms with Gasteiger partial charge in [0.25, 0.3) is 5.91 Å². The number of aliphatic imine (C=N–C) groups is 1. The molecule has 0 fully saturated rings. The standard InChI is InChI=1S/C22H19BrN4O2.CH4/c1-25-21(24)15-8-6-14(7-9-15)19(28)12-16-4-2-3-5-18(16)22(29)27-20-11-10-17(23)13-26-20;/h2-11,13H,12H2,1H3,(H2,24,25)(H,26,27,29);1H4. The molecular formula is C23H23BrN4O2. The Bertz CT molecular complexity index is 1060. The minimum atomic E-state index is -0.314. The average Bonchev–Trinajstić information content (AvgIpc) is 2.75. The molecular weight excluding hydrogens is 444 g/mol. The summed E-state index contributed by atoms with van der Waals surface area (Å²) >= 11 is 3.31. The average molecular weight is 467 g/mol. The lowest BCUT2D eigenvalue weighted by molar-refractivity contribution is 0.0992. The molecule has 0 spiro atoms. The second-order valence-electron chi connectivity index (χ2n) is 6.26. The van der Waals surface area contributed by atoms with Gasteiger partial charge < -0.3 is 11.1 Å². The third kappa shape index (κ3) is 5.61. The van der Waals surface area contributed by atoms with Crippen LogP contribution in [0, 0.1) is 0 Å². The highest BCUT2D eigenvalue weighted by atomic mass is 79.9. The Balaban J connectivity index is 0.00000320. The summed E-state index contributed by atoms with van der Waals surface area (Å²) in [5.74, 6) is 0.439. The number of nitrogens with one attached hydrogen (secondary N) is 1. The van der Waals surface area contributed by atoms with Crippen LogP contribution in [0.1, 0.15) is 39.3 Å². The highest BCUT2D eigenvalue weighted by Crippen LogP contribution is 2.16. The number of nitrogens with zero attached hydrogens (tertiary/aromatic N) is 2. The number of hydrogen-bond acceptors (Lipinski definition) is 4. The molecule has 1 amide bonds. The first-order valence-corrected chi connectivity index (χ1v) is 9.64. The van der Waals surface area contributed by atoms with Crippen LogP contribution in [0.3, 0.4) is 0 Å². The van der Waals surface area contributed by atoms with E-state index in [0.717, 1.165) is 10.0 Å². The quantitative estimate of drug-likeness (QED) is 0.317. The molecule has 0 radical (unpaired) electrons. The van der Waals surface area contributed by atoms with E-state index in [4.69, 9.17) is 5.73 Å². The number of aromatic nitrogens is 1. The third-order valence-electron chi connectivity index (χ3n) is 4.33. The summed E-state index contributed by atoms with van der Waals surface area (Å²) in [4.78, 5) is 33.5. The number of rotatable bonds is 6. The Labute approximate surface area is 184 Å². The van der Waals surface area contributed by atoms with E-state index in [-0.39, 0.29) is 25.5 Å². The van der Waals surface area contributed by atoms with Gasteiger partial charge in [-0.2, -0.15) is 0 Å². The molecule has 0 atom stereocenters. The van der Waals surface area contributed by atoms with Crippen LogP contribution in [0.25, 0.3) is 0 Å². The molecule has 7 heteroatoms. The Morgan fingerprint density at radius 1 is 1.03 bits per heavy atom. The van der Waals surface area contributed by atoms with E-state index in [0.29, 0.717) is 28.3 Å². The van der Waals surface area contributed by atoms with E-state index in [2.05, 4.69) is 31.2 Å². The Hall–Kier alpha value is -3.32. The van der Waals surface area contributed by atoms with Crippen LogP contribution in [-0.4, -0.2) is 29.6 Å². The highest BCUT2D eigenvalue weighted by molar-refractivity contribution is 9.10. The second-order valence-corrected chi connectivity index (χ2v) is 7.17. The van der Waals surface area contributed by atoms with Crippen LogP contribution in [0.15, 0.2) is 76.3 Å². The first-order chi connectivity index (χ1) is 14.0. The van der Waals surface area contributed by atoms with Gasteiger partial charge in [-0.3, -0.25) is 14.6 Å². The van der Waals surface area contributed by atoms with Crippen molar-refractivity contribution >= 4 is 39.3 Å². The number of carbonyl (C=O) groups excluding carboxylic acids is 2. The van der Waals surface area contributed by atoms with Crippen LogP contribution in [0.2, 0.25) is 0 Å².